The fraction of sp³-hybridized carbons (Fsp3) is 0.739. The number of phenols is 1. The molecule has 0 aromatic heterocycles. The second-order valence-corrected chi connectivity index (χ2v) is 11.8. The van der Waals surface area contributed by atoms with Crippen LogP contribution in [-0.2, 0) is 42.6 Å². The maximum absolute atomic E-state index is 12.6. The molecule has 0 amide bonds. The van der Waals surface area contributed by atoms with Crippen LogP contribution in [0.25, 0.3) is 0 Å². The molecule has 1 unspecified atom stereocenters. The molecular weight excluding hydrogens is 430 g/mol. The van der Waals surface area contributed by atoms with Crippen molar-refractivity contribution in [3.05, 3.63) is 28.8 Å². The van der Waals surface area contributed by atoms with Gasteiger partial charge in [-0.25, -0.2) is 0 Å². The summed E-state index contributed by atoms with van der Waals surface area (Å²) in [5, 5.41) is 10.8. The van der Waals surface area contributed by atoms with Gasteiger partial charge in [0.1, 0.15) is 5.75 Å². The Bertz CT molecular complexity index is 639. The molecular formula is C23H41NiO4P. The van der Waals surface area contributed by atoms with Gasteiger partial charge in [0.05, 0.1) is 12.8 Å². The average Bonchev–Trinajstić information content (AvgIpc) is 2.53. The molecule has 172 valence electrons. The Hall–Kier alpha value is -0.336. The Morgan fingerprint density at radius 2 is 1.34 bits per heavy atom. The maximum atomic E-state index is 12.6. The number of phenolic OH excluding ortho intramolecular Hbond substituents is 1. The van der Waals surface area contributed by atoms with Crippen molar-refractivity contribution in [3.63, 3.8) is 0 Å². The first-order valence-corrected chi connectivity index (χ1v) is 12.4. The zero-order valence-electron chi connectivity index (χ0n) is 19.3. The summed E-state index contributed by atoms with van der Waals surface area (Å²) in [6, 6.07) is 3.70. The van der Waals surface area contributed by atoms with Crippen molar-refractivity contribution in [2.75, 3.05) is 6.61 Å². The van der Waals surface area contributed by atoms with Crippen LogP contribution in [0, 0.1) is 0 Å². The van der Waals surface area contributed by atoms with E-state index in [0.29, 0.717) is 6.61 Å². The van der Waals surface area contributed by atoms with Gasteiger partial charge in [-0.1, -0.05) is 92.7 Å². The zero-order valence-corrected chi connectivity index (χ0v) is 21.2. The van der Waals surface area contributed by atoms with E-state index in [4.69, 9.17) is 4.52 Å². The summed E-state index contributed by atoms with van der Waals surface area (Å²) in [5.74, 6) is 0.282. The van der Waals surface area contributed by atoms with Crippen molar-refractivity contribution >= 4 is 7.60 Å². The number of hydrogen-bond acceptors (Lipinski definition) is 3. The van der Waals surface area contributed by atoms with Crippen molar-refractivity contribution < 1.29 is 35.6 Å². The third kappa shape index (κ3) is 10.0. The van der Waals surface area contributed by atoms with Crippen LogP contribution in [0.5, 0.6) is 5.75 Å². The van der Waals surface area contributed by atoms with E-state index in [0.717, 1.165) is 36.0 Å². The molecule has 4 nitrogen and oxygen atoms in total. The van der Waals surface area contributed by atoms with Gasteiger partial charge in [0.2, 0.25) is 0 Å². The summed E-state index contributed by atoms with van der Waals surface area (Å²) in [5.41, 5.74) is 1.80. The third-order valence-corrected chi connectivity index (χ3v) is 6.31. The Labute approximate surface area is 188 Å². The largest absolute Gasteiger partial charge is 0.507 e. The topological polar surface area (TPSA) is 66.8 Å². The van der Waals surface area contributed by atoms with E-state index in [1.165, 1.54) is 19.3 Å². The van der Waals surface area contributed by atoms with Crippen molar-refractivity contribution in [1.29, 1.82) is 0 Å². The molecule has 2 N–H and O–H groups in total. The van der Waals surface area contributed by atoms with Gasteiger partial charge in [-0.3, -0.25) is 4.57 Å². The van der Waals surface area contributed by atoms with Crippen LogP contribution >= 0.6 is 7.60 Å². The summed E-state index contributed by atoms with van der Waals surface area (Å²) in [4.78, 5) is 10.3. The first kappa shape index (κ1) is 28.7. The van der Waals surface area contributed by atoms with E-state index in [9.17, 15) is 14.6 Å². The number of hydrogen-bond donors (Lipinski definition) is 2. The number of benzene rings is 1. The van der Waals surface area contributed by atoms with E-state index >= 15 is 0 Å². The zero-order chi connectivity index (χ0) is 21.6. The van der Waals surface area contributed by atoms with E-state index < -0.39 is 7.60 Å². The molecule has 1 aromatic rings. The molecule has 0 fully saturated rings. The van der Waals surface area contributed by atoms with E-state index in [-0.39, 0.29) is 39.2 Å². The molecule has 1 rings (SSSR count). The SMILES string of the molecule is CCCCCCCCOP(=O)(O)Cc1cc(C(C)(C)C)c(O)c(C(C)(C)C)c1.[Ni]. The van der Waals surface area contributed by atoms with E-state index in [1.54, 1.807) is 0 Å². The molecule has 0 bridgehead atoms. The molecule has 1 atom stereocenters. The molecule has 6 heteroatoms. The number of aromatic hydroxyl groups is 1. The fourth-order valence-corrected chi connectivity index (χ4v) is 4.44. The average molecular weight is 471 g/mol. The van der Waals surface area contributed by atoms with Gasteiger partial charge in [0.25, 0.3) is 0 Å². The van der Waals surface area contributed by atoms with Crippen molar-refractivity contribution in [2.24, 2.45) is 0 Å². The van der Waals surface area contributed by atoms with Crippen LogP contribution < -0.4 is 0 Å². The minimum Gasteiger partial charge on any atom is -0.507 e. The number of rotatable bonds is 10. The van der Waals surface area contributed by atoms with Crippen LogP contribution in [0.4, 0.5) is 0 Å². The molecule has 0 aliphatic carbocycles. The third-order valence-electron chi connectivity index (χ3n) is 4.96. The summed E-state index contributed by atoms with van der Waals surface area (Å²) >= 11 is 0. The first-order chi connectivity index (χ1) is 12.8. The quantitative estimate of drug-likeness (QED) is 0.218. The van der Waals surface area contributed by atoms with Gasteiger partial charge in [-0.05, 0) is 33.9 Å². The van der Waals surface area contributed by atoms with Gasteiger partial charge in [-0.15, -0.1) is 0 Å². The Balaban J connectivity index is 0.00000784. The van der Waals surface area contributed by atoms with Crippen LogP contribution in [-0.4, -0.2) is 16.6 Å². The monoisotopic (exact) mass is 470 g/mol. The molecule has 0 aliphatic rings. The van der Waals surface area contributed by atoms with Crippen LogP contribution in [0.2, 0.25) is 0 Å². The van der Waals surface area contributed by atoms with Crippen molar-refractivity contribution in [1.82, 2.24) is 0 Å². The molecule has 0 heterocycles. The summed E-state index contributed by atoms with van der Waals surface area (Å²) < 4.78 is 18.0. The molecule has 0 spiro atoms. The van der Waals surface area contributed by atoms with Gasteiger partial charge < -0.3 is 14.5 Å². The second-order valence-electron chi connectivity index (χ2n) is 9.94. The Morgan fingerprint density at radius 3 is 1.79 bits per heavy atom. The second kappa shape index (κ2) is 11.9. The molecule has 1 aromatic carbocycles. The van der Waals surface area contributed by atoms with E-state index in [2.05, 4.69) is 6.92 Å². The molecule has 0 saturated carbocycles. The normalized spacial score (nSPS) is 14.3. The number of unbranched alkanes of at least 4 members (excludes halogenated alkanes) is 5. The van der Waals surface area contributed by atoms with Gasteiger partial charge in [-0.2, -0.15) is 0 Å². The van der Waals surface area contributed by atoms with Gasteiger partial charge in [0, 0.05) is 16.5 Å². The van der Waals surface area contributed by atoms with Gasteiger partial charge >= 0.3 is 7.60 Å². The molecule has 0 radical (unpaired) electrons. The molecule has 29 heavy (non-hydrogen) atoms. The van der Waals surface area contributed by atoms with Gasteiger partial charge in [0.15, 0.2) is 0 Å². The minimum absolute atomic E-state index is 0. The van der Waals surface area contributed by atoms with Crippen molar-refractivity contribution in [2.45, 2.75) is 104 Å². The molecule has 0 saturated heterocycles. The predicted molar refractivity (Wildman–Crippen MR) is 118 cm³/mol. The fourth-order valence-electron chi connectivity index (χ4n) is 3.29. The summed E-state index contributed by atoms with van der Waals surface area (Å²) in [7, 11) is -3.72. The van der Waals surface area contributed by atoms with Crippen LogP contribution in [0.1, 0.15) is 104 Å². The van der Waals surface area contributed by atoms with Crippen LogP contribution in [0.3, 0.4) is 0 Å². The summed E-state index contributed by atoms with van der Waals surface area (Å²) in [6.45, 7) is 14.7. The summed E-state index contributed by atoms with van der Waals surface area (Å²) in [6.07, 6.45) is 6.62. The first-order valence-electron chi connectivity index (χ1n) is 10.6. The Morgan fingerprint density at radius 1 is 0.897 bits per heavy atom. The van der Waals surface area contributed by atoms with Crippen molar-refractivity contribution in [3.8, 4) is 5.75 Å². The minimum atomic E-state index is -3.72. The predicted octanol–water partition coefficient (Wildman–Crippen LogP) is 7.05. The Kier molecular flexibility index (Phi) is 11.8. The van der Waals surface area contributed by atoms with E-state index in [1.807, 2.05) is 53.7 Å². The maximum Gasteiger partial charge on any atom is 0.332 e. The van der Waals surface area contributed by atoms with Crippen LogP contribution in [0.15, 0.2) is 12.1 Å². The standard InChI is InChI=1S/C23H41O4P.Ni/c1-8-9-10-11-12-13-14-27-28(25,26)17-18-15-19(22(2,3)4)21(24)20(16-18)23(5,6)7;/h15-16,24H,8-14,17H2,1-7H3,(H,25,26);. The molecule has 0 aliphatic heterocycles. The smallest absolute Gasteiger partial charge is 0.332 e.